The van der Waals surface area contributed by atoms with Gasteiger partial charge in [0.15, 0.2) is 0 Å². The van der Waals surface area contributed by atoms with Crippen molar-refractivity contribution in [2.45, 2.75) is 18.9 Å². The lowest BCUT2D eigenvalue weighted by molar-refractivity contribution is -0.136. The van der Waals surface area contributed by atoms with Crippen molar-refractivity contribution in [3.05, 3.63) is 27.6 Å². The summed E-state index contributed by atoms with van der Waals surface area (Å²) < 4.78 is 1.00. The Morgan fingerprint density at radius 1 is 1.38 bits per heavy atom. The molecule has 1 aromatic rings. The van der Waals surface area contributed by atoms with E-state index >= 15 is 0 Å². The van der Waals surface area contributed by atoms with Crippen molar-refractivity contribution >= 4 is 23.4 Å². The van der Waals surface area contributed by atoms with E-state index in [9.17, 15) is 14.4 Å². The maximum Gasteiger partial charge on any atom is 0.267 e. The lowest BCUT2D eigenvalue weighted by Crippen LogP contribution is -2.45. The zero-order valence-corrected chi connectivity index (χ0v) is 8.90. The highest BCUT2D eigenvalue weighted by Crippen LogP contribution is 2.16. The van der Waals surface area contributed by atoms with E-state index < -0.39 is 17.5 Å². The number of carbonyl (C=O) groups is 2. The van der Waals surface area contributed by atoms with E-state index in [2.05, 4.69) is 10.4 Å². The van der Waals surface area contributed by atoms with Gasteiger partial charge in [-0.15, -0.1) is 0 Å². The summed E-state index contributed by atoms with van der Waals surface area (Å²) in [5.74, 6) is -0.857. The third-order valence-electron chi connectivity index (χ3n) is 2.30. The minimum atomic E-state index is -0.760. The predicted octanol–water partition coefficient (Wildman–Crippen LogP) is -0.126. The molecule has 1 atom stereocenters. The van der Waals surface area contributed by atoms with Gasteiger partial charge in [0.1, 0.15) is 11.2 Å². The van der Waals surface area contributed by atoms with Crippen molar-refractivity contribution in [1.82, 2.24) is 15.1 Å². The number of nitrogens with one attached hydrogen (secondary N) is 1. The molecular formula is C9H8ClN3O3. The molecule has 16 heavy (non-hydrogen) atoms. The minimum absolute atomic E-state index is 0.129. The van der Waals surface area contributed by atoms with Gasteiger partial charge in [-0.25, -0.2) is 4.68 Å². The van der Waals surface area contributed by atoms with Crippen molar-refractivity contribution in [3.63, 3.8) is 0 Å². The number of aromatic nitrogens is 2. The molecule has 1 N–H and O–H groups in total. The molecular weight excluding hydrogens is 234 g/mol. The van der Waals surface area contributed by atoms with E-state index in [1.54, 1.807) is 0 Å². The van der Waals surface area contributed by atoms with Crippen LogP contribution in [-0.4, -0.2) is 21.6 Å². The molecule has 2 amide bonds. The Labute approximate surface area is 95.2 Å². The molecule has 0 aliphatic carbocycles. The molecule has 6 nitrogen and oxygen atoms in total. The van der Waals surface area contributed by atoms with Crippen LogP contribution in [-0.2, 0) is 9.59 Å². The Kier molecular flexibility index (Phi) is 2.74. The lowest BCUT2D eigenvalue weighted by Gasteiger charge is -2.21. The normalized spacial score (nSPS) is 20.7. The number of piperidine rings is 1. The smallest absolute Gasteiger partial charge is 0.267 e. The first-order chi connectivity index (χ1) is 7.58. The molecule has 1 fully saturated rings. The zero-order valence-electron chi connectivity index (χ0n) is 8.14. The van der Waals surface area contributed by atoms with Gasteiger partial charge < -0.3 is 0 Å². The average molecular weight is 242 g/mol. The molecule has 2 rings (SSSR count). The Hall–Kier alpha value is -1.69. The summed E-state index contributed by atoms with van der Waals surface area (Å²) in [6, 6.07) is 1.83. The predicted molar refractivity (Wildman–Crippen MR) is 54.9 cm³/mol. The second-order valence-electron chi connectivity index (χ2n) is 3.41. The SMILES string of the molecule is O=C1CCC(n2nc(Cl)ccc2=O)C(=O)N1. The van der Waals surface area contributed by atoms with Gasteiger partial charge in [-0.1, -0.05) is 11.6 Å². The Balaban J connectivity index is 2.37. The van der Waals surface area contributed by atoms with Crippen LogP contribution < -0.4 is 10.9 Å². The first-order valence-electron chi connectivity index (χ1n) is 4.67. The fourth-order valence-electron chi connectivity index (χ4n) is 1.54. The van der Waals surface area contributed by atoms with Crippen LogP contribution in [0.1, 0.15) is 18.9 Å². The fraction of sp³-hybridized carbons (Fsp3) is 0.333. The van der Waals surface area contributed by atoms with Gasteiger partial charge in [0.05, 0.1) is 0 Å². The second kappa shape index (κ2) is 4.05. The highest BCUT2D eigenvalue weighted by atomic mass is 35.5. The number of amides is 2. The van der Waals surface area contributed by atoms with Gasteiger partial charge in [0.25, 0.3) is 11.5 Å². The van der Waals surface area contributed by atoms with E-state index in [0.29, 0.717) is 0 Å². The molecule has 0 radical (unpaired) electrons. The highest BCUT2D eigenvalue weighted by molar-refractivity contribution is 6.29. The molecule has 1 saturated heterocycles. The van der Waals surface area contributed by atoms with Gasteiger partial charge in [0.2, 0.25) is 5.91 Å². The van der Waals surface area contributed by atoms with E-state index in [1.807, 2.05) is 0 Å². The van der Waals surface area contributed by atoms with Crippen LogP contribution in [0.3, 0.4) is 0 Å². The van der Waals surface area contributed by atoms with Crippen molar-refractivity contribution in [3.8, 4) is 0 Å². The lowest BCUT2D eigenvalue weighted by atomic mass is 10.1. The fourth-order valence-corrected chi connectivity index (χ4v) is 1.69. The number of hydrogen-bond acceptors (Lipinski definition) is 4. The number of hydrogen-bond donors (Lipinski definition) is 1. The highest BCUT2D eigenvalue weighted by Gasteiger charge is 2.29. The van der Waals surface area contributed by atoms with Gasteiger partial charge in [0, 0.05) is 12.5 Å². The second-order valence-corrected chi connectivity index (χ2v) is 3.79. The van der Waals surface area contributed by atoms with E-state index in [1.165, 1.54) is 12.1 Å². The van der Waals surface area contributed by atoms with Gasteiger partial charge in [-0.05, 0) is 12.5 Å². The van der Waals surface area contributed by atoms with Crippen LogP contribution in [0, 0.1) is 0 Å². The first kappa shape index (κ1) is 10.8. The Bertz CT molecular complexity index is 511. The zero-order chi connectivity index (χ0) is 11.7. The third-order valence-corrected chi connectivity index (χ3v) is 2.50. The van der Waals surface area contributed by atoms with Crippen molar-refractivity contribution in [2.24, 2.45) is 0 Å². The summed E-state index contributed by atoms with van der Waals surface area (Å²) in [5.41, 5.74) is -0.418. The number of nitrogens with zero attached hydrogens (tertiary/aromatic N) is 2. The summed E-state index contributed by atoms with van der Waals surface area (Å²) >= 11 is 5.64. The summed E-state index contributed by atoms with van der Waals surface area (Å²) in [4.78, 5) is 33.9. The minimum Gasteiger partial charge on any atom is -0.295 e. The van der Waals surface area contributed by atoms with Crippen molar-refractivity contribution < 1.29 is 9.59 Å². The maximum atomic E-state index is 11.5. The average Bonchev–Trinajstić information content (AvgIpc) is 2.22. The molecule has 1 aromatic heterocycles. The van der Waals surface area contributed by atoms with E-state index in [4.69, 9.17) is 11.6 Å². The molecule has 7 heteroatoms. The number of carbonyl (C=O) groups excluding carboxylic acids is 2. The molecule has 1 aliphatic heterocycles. The molecule has 0 saturated carbocycles. The van der Waals surface area contributed by atoms with E-state index in [0.717, 1.165) is 4.68 Å². The van der Waals surface area contributed by atoms with Gasteiger partial charge in [-0.3, -0.25) is 19.7 Å². The number of imide groups is 1. The van der Waals surface area contributed by atoms with Crippen molar-refractivity contribution in [2.75, 3.05) is 0 Å². The quantitative estimate of drug-likeness (QED) is 0.695. The summed E-state index contributed by atoms with van der Waals surface area (Å²) in [6.45, 7) is 0. The monoisotopic (exact) mass is 241 g/mol. The number of halogens is 1. The molecule has 1 unspecified atom stereocenters. The molecule has 0 spiro atoms. The van der Waals surface area contributed by atoms with Crippen LogP contribution in [0.15, 0.2) is 16.9 Å². The summed E-state index contributed by atoms with van der Waals surface area (Å²) in [5, 5.41) is 6.05. The van der Waals surface area contributed by atoms with Crippen LogP contribution in [0.4, 0.5) is 0 Å². The van der Waals surface area contributed by atoms with Gasteiger partial charge in [-0.2, -0.15) is 5.10 Å². The Morgan fingerprint density at radius 3 is 2.81 bits per heavy atom. The van der Waals surface area contributed by atoms with Crippen molar-refractivity contribution in [1.29, 1.82) is 0 Å². The third kappa shape index (κ3) is 1.96. The molecule has 0 aromatic carbocycles. The number of rotatable bonds is 1. The van der Waals surface area contributed by atoms with E-state index in [-0.39, 0.29) is 23.9 Å². The van der Waals surface area contributed by atoms with Crippen LogP contribution in [0.2, 0.25) is 5.15 Å². The molecule has 2 heterocycles. The molecule has 84 valence electrons. The summed E-state index contributed by atoms with van der Waals surface area (Å²) in [7, 11) is 0. The molecule has 1 aliphatic rings. The summed E-state index contributed by atoms with van der Waals surface area (Å²) in [6.07, 6.45) is 0.453. The molecule has 0 bridgehead atoms. The largest absolute Gasteiger partial charge is 0.295 e. The van der Waals surface area contributed by atoms with Gasteiger partial charge >= 0.3 is 0 Å². The van der Waals surface area contributed by atoms with Crippen LogP contribution in [0.25, 0.3) is 0 Å². The maximum absolute atomic E-state index is 11.5. The standard InChI is InChI=1S/C9H8ClN3O3/c10-6-2-4-8(15)13(12-6)5-1-3-7(14)11-9(5)16/h2,4-5H,1,3H2,(H,11,14,16). The van der Waals surface area contributed by atoms with Crippen LogP contribution >= 0.6 is 11.6 Å². The van der Waals surface area contributed by atoms with Crippen LogP contribution in [0.5, 0.6) is 0 Å². The Morgan fingerprint density at radius 2 is 2.12 bits per heavy atom. The topological polar surface area (TPSA) is 81.1 Å². The first-order valence-corrected chi connectivity index (χ1v) is 5.05.